The zero-order valence-electron chi connectivity index (χ0n) is 18.2. The molecule has 0 spiro atoms. The Morgan fingerprint density at radius 1 is 1.06 bits per heavy atom. The Morgan fingerprint density at radius 3 is 2.42 bits per heavy atom. The van der Waals surface area contributed by atoms with Gasteiger partial charge in [0.1, 0.15) is 5.82 Å². The van der Waals surface area contributed by atoms with E-state index in [4.69, 9.17) is 0 Å². The molecule has 1 aliphatic heterocycles. The molecule has 166 valence electrons. The fourth-order valence-electron chi connectivity index (χ4n) is 4.35. The van der Waals surface area contributed by atoms with E-state index in [0.717, 1.165) is 30.6 Å². The van der Waals surface area contributed by atoms with Gasteiger partial charge in [0.25, 0.3) is 0 Å². The quantitative estimate of drug-likeness (QED) is 0.770. The van der Waals surface area contributed by atoms with Gasteiger partial charge < -0.3 is 10.2 Å². The lowest BCUT2D eigenvalue weighted by atomic mass is 9.92. The minimum Gasteiger partial charge on any atom is -0.363 e. The lowest BCUT2D eigenvalue weighted by molar-refractivity contribution is -0.120. The number of hydrogen-bond donors (Lipinski definition) is 1. The summed E-state index contributed by atoms with van der Waals surface area (Å²) in [7, 11) is 0.289. The molecule has 1 aromatic carbocycles. The molecule has 7 nitrogen and oxygen atoms in total. The second kappa shape index (κ2) is 8.96. The van der Waals surface area contributed by atoms with Gasteiger partial charge in [0, 0.05) is 33.1 Å². The molecule has 0 bridgehead atoms. The highest BCUT2D eigenvalue weighted by Gasteiger charge is 2.32. The van der Waals surface area contributed by atoms with Crippen molar-refractivity contribution in [1.29, 1.82) is 0 Å². The van der Waals surface area contributed by atoms with Gasteiger partial charge in [-0.05, 0) is 73.9 Å². The first-order valence-corrected chi connectivity index (χ1v) is 12.3. The van der Waals surface area contributed by atoms with Crippen LogP contribution in [0.15, 0.2) is 41.4 Å². The maximum Gasteiger partial charge on any atom is 0.243 e. The van der Waals surface area contributed by atoms with Crippen molar-refractivity contribution in [3.63, 3.8) is 0 Å². The average molecular weight is 443 g/mol. The van der Waals surface area contributed by atoms with E-state index < -0.39 is 10.0 Å². The molecule has 0 atom stereocenters. The molecule has 0 radical (unpaired) electrons. The summed E-state index contributed by atoms with van der Waals surface area (Å²) in [5.41, 5.74) is 3.09. The van der Waals surface area contributed by atoms with Crippen molar-refractivity contribution in [2.75, 3.05) is 37.4 Å². The fraction of sp³-hybridized carbons (Fsp3) is 0.478. The molecule has 0 saturated carbocycles. The van der Waals surface area contributed by atoms with Gasteiger partial charge in [0.2, 0.25) is 15.9 Å². The summed E-state index contributed by atoms with van der Waals surface area (Å²) >= 11 is 0. The van der Waals surface area contributed by atoms with Crippen LogP contribution in [0.2, 0.25) is 0 Å². The fourth-order valence-corrected chi connectivity index (χ4v) is 5.87. The summed E-state index contributed by atoms with van der Waals surface area (Å²) in [5.74, 6) is 0.535. The number of hydrogen-bond acceptors (Lipinski definition) is 5. The van der Waals surface area contributed by atoms with E-state index in [0.29, 0.717) is 36.5 Å². The highest BCUT2D eigenvalue weighted by Crippen LogP contribution is 2.28. The molecule has 1 aliphatic carbocycles. The molecule has 2 aromatic rings. The number of aromatic nitrogens is 1. The summed E-state index contributed by atoms with van der Waals surface area (Å²) in [6.45, 7) is 0.713. The van der Waals surface area contributed by atoms with Crippen LogP contribution in [0.4, 0.5) is 11.5 Å². The van der Waals surface area contributed by atoms with Gasteiger partial charge in [-0.1, -0.05) is 6.07 Å². The van der Waals surface area contributed by atoms with Gasteiger partial charge in [0.15, 0.2) is 0 Å². The SMILES string of the molecule is CN(C)c1ccc(NC(=O)C2CCN(S(=O)(=O)c3ccc4c(c3)CCCC4)CC2)cn1. The van der Waals surface area contributed by atoms with E-state index in [1.807, 2.05) is 43.3 Å². The summed E-state index contributed by atoms with van der Waals surface area (Å²) < 4.78 is 27.8. The van der Waals surface area contributed by atoms with Crippen LogP contribution in [0.3, 0.4) is 0 Å². The first-order valence-electron chi connectivity index (χ1n) is 10.9. The third kappa shape index (κ3) is 4.75. The second-order valence-electron chi connectivity index (χ2n) is 8.60. The number of pyridine rings is 1. The topological polar surface area (TPSA) is 82.6 Å². The van der Waals surface area contributed by atoms with Gasteiger partial charge >= 0.3 is 0 Å². The van der Waals surface area contributed by atoms with Gasteiger partial charge in [-0.2, -0.15) is 4.31 Å². The number of nitrogens with one attached hydrogen (secondary N) is 1. The smallest absolute Gasteiger partial charge is 0.243 e. The maximum absolute atomic E-state index is 13.1. The maximum atomic E-state index is 13.1. The largest absolute Gasteiger partial charge is 0.363 e. The van der Waals surface area contributed by atoms with Crippen molar-refractivity contribution in [3.05, 3.63) is 47.7 Å². The molecular weight excluding hydrogens is 412 g/mol. The summed E-state index contributed by atoms with van der Waals surface area (Å²) in [6.07, 6.45) is 6.94. The van der Waals surface area contributed by atoms with E-state index in [-0.39, 0.29) is 11.8 Å². The standard InChI is InChI=1S/C23H30N4O3S/c1-26(2)22-10-8-20(16-24-22)25-23(28)18-11-13-27(14-12-18)31(29,30)21-9-7-17-5-3-4-6-19(17)15-21/h7-10,15-16,18H,3-6,11-14H2,1-2H3,(H,25,28). The van der Waals surface area contributed by atoms with E-state index >= 15 is 0 Å². The molecule has 2 aliphatic rings. The Bertz CT molecular complexity index is 1040. The Balaban J connectivity index is 1.37. The first-order chi connectivity index (χ1) is 14.8. The molecule has 2 heterocycles. The molecule has 0 unspecified atom stereocenters. The van der Waals surface area contributed by atoms with Gasteiger partial charge in [0.05, 0.1) is 16.8 Å². The van der Waals surface area contributed by atoms with Gasteiger partial charge in [-0.15, -0.1) is 0 Å². The molecule has 1 N–H and O–H groups in total. The number of aryl methyl sites for hydroxylation is 2. The van der Waals surface area contributed by atoms with Crippen LogP contribution in [0, 0.1) is 5.92 Å². The number of carbonyl (C=O) groups excluding carboxylic acids is 1. The van der Waals surface area contributed by atoms with Crippen molar-refractivity contribution in [1.82, 2.24) is 9.29 Å². The van der Waals surface area contributed by atoms with Crippen molar-refractivity contribution in [3.8, 4) is 0 Å². The van der Waals surface area contributed by atoms with Crippen LogP contribution < -0.4 is 10.2 Å². The minimum atomic E-state index is -3.53. The molecule has 4 rings (SSSR count). The molecular formula is C23H30N4O3S. The number of rotatable bonds is 5. The lowest BCUT2D eigenvalue weighted by Crippen LogP contribution is -2.41. The van der Waals surface area contributed by atoms with Crippen LogP contribution in [0.5, 0.6) is 0 Å². The number of carbonyl (C=O) groups is 1. The van der Waals surface area contributed by atoms with E-state index in [1.165, 1.54) is 16.3 Å². The monoisotopic (exact) mass is 442 g/mol. The Hall–Kier alpha value is -2.45. The minimum absolute atomic E-state index is 0.0785. The third-order valence-corrected chi connectivity index (χ3v) is 8.15. The molecule has 1 fully saturated rings. The Morgan fingerprint density at radius 2 is 1.77 bits per heavy atom. The lowest BCUT2D eigenvalue weighted by Gasteiger charge is -2.31. The molecule has 1 amide bonds. The average Bonchev–Trinajstić information content (AvgIpc) is 2.79. The zero-order chi connectivity index (χ0) is 22.0. The normalized spacial score (nSPS) is 17.7. The predicted octanol–water partition coefficient (Wildman–Crippen LogP) is 3.07. The van der Waals surface area contributed by atoms with Gasteiger partial charge in [-0.25, -0.2) is 13.4 Å². The van der Waals surface area contributed by atoms with Crippen LogP contribution in [0.1, 0.15) is 36.8 Å². The third-order valence-electron chi connectivity index (χ3n) is 6.26. The van der Waals surface area contributed by atoms with Crippen molar-refractivity contribution in [2.45, 2.75) is 43.4 Å². The highest BCUT2D eigenvalue weighted by molar-refractivity contribution is 7.89. The number of fused-ring (bicyclic) bond motifs is 1. The number of nitrogens with zero attached hydrogens (tertiary/aromatic N) is 3. The summed E-state index contributed by atoms with van der Waals surface area (Å²) in [6, 6.07) is 9.24. The van der Waals surface area contributed by atoms with Crippen LogP contribution in [-0.2, 0) is 27.7 Å². The second-order valence-corrected chi connectivity index (χ2v) is 10.5. The number of amides is 1. The molecule has 8 heteroatoms. The molecule has 1 aromatic heterocycles. The van der Waals surface area contributed by atoms with E-state index in [1.54, 1.807) is 12.3 Å². The Kier molecular flexibility index (Phi) is 6.29. The van der Waals surface area contributed by atoms with Crippen molar-refractivity contribution >= 4 is 27.4 Å². The number of anilines is 2. The Labute approximate surface area is 184 Å². The number of piperidine rings is 1. The first kappa shape index (κ1) is 21.8. The zero-order valence-corrected chi connectivity index (χ0v) is 19.0. The van der Waals surface area contributed by atoms with Crippen LogP contribution in [-0.4, -0.2) is 50.8 Å². The van der Waals surface area contributed by atoms with Crippen LogP contribution >= 0.6 is 0 Å². The highest BCUT2D eigenvalue weighted by atomic mass is 32.2. The van der Waals surface area contributed by atoms with Gasteiger partial charge in [-0.3, -0.25) is 4.79 Å². The number of benzene rings is 1. The van der Waals surface area contributed by atoms with Crippen molar-refractivity contribution < 1.29 is 13.2 Å². The molecule has 1 saturated heterocycles. The van der Waals surface area contributed by atoms with Crippen LogP contribution in [0.25, 0.3) is 0 Å². The van der Waals surface area contributed by atoms with E-state index in [9.17, 15) is 13.2 Å². The molecule has 31 heavy (non-hydrogen) atoms. The number of sulfonamides is 1. The van der Waals surface area contributed by atoms with Crippen molar-refractivity contribution in [2.24, 2.45) is 5.92 Å². The van der Waals surface area contributed by atoms with E-state index in [2.05, 4.69) is 10.3 Å². The summed E-state index contributed by atoms with van der Waals surface area (Å²) in [5, 5.41) is 2.91. The summed E-state index contributed by atoms with van der Waals surface area (Å²) in [4.78, 5) is 19.2. The predicted molar refractivity (Wildman–Crippen MR) is 122 cm³/mol.